The van der Waals surface area contributed by atoms with Crippen molar-refractivity contribution in [1.82, 2.24) is 14.8 Å². The zero-order chi connectivity index (χ0) is 13.8. The van der Waals surface area contributed by atoms with Gasteiger partial charge in [-0.05, 0) is 6.92 Å². The highest BCUT2D eigenvalue weighted by Gasteiger charge is 2.19. The Balaban J connectivity index is 2.13. The van der Waals surface area contributed by atoms with Gasteiger partial charge in [-0.1, -0.05) is 11.6 Å². The van der Waals surface area contributed by atoms with Crippen molar-refractivity contribution in [2.24, 2.45) is 0 Å². The molecule has 0 aliphatic carbocycles. The van der Waals surface area contributed by atoms with Gasteiger partial charge in [-0.3, -0.25) is 4.68 Å². The van der Waals surface area contributed by atoms with E-state index < -0.39 is 6.10 Å². The van der Waals surface area contributed by atoms with Crippen LogP contribution in [0.5, 0.6) is 0 Å². The highest BCUT2D eigenvalue weighted by Crippen LogP contribution is 2.26. The third-order valence-electron chi connectivity index (χ3n) is 2.69. The minimum Gasteiger partial charge on any atom is -0.386 e. The summed E-state index contributed by atoms with van der Waals surface area (Å²) in [6.45, 7) is 3.02. The van der Waals surface area contributed by atoms with Gasteiger partial charge >= 0.3 is 0 Å². The molecule has 0 aromatic carbocycles. The Morgan fingerprint density at radius 1 is 1.58 bits per heavy atom. The van der Waals surface area contributed by atoms with Crippen molar-refractivity contribution in [1.29, 1.82) is 0 Å². The number of aliphatic hydroxyl groups is 1. The van der Waals surface area contributed by atoms with Crippen molar-refractivity contribution >= 4 is 22.9 Å². The molecule has 0 spiro atoms. The third kappa shape index (κ3) is 3.54. The topological polar surface area (TPSA) is 60.2 Å². The summed E-state index contributed by atoms with van der Waals surface area (Å²) in [6, 6.07) is 0. The SMILES string of the molecule is COCCn1ncc(Cl)c1C(O)Cc1nc(C)cs1. The zero-order valence-electron chi connectivity index (χ0n) is 10.8. The van der Waals surface area contributed by atoms with Crippen LogP contribution in [0, 0.1) is 6.92 Å². The van der Waals surface area contributed by atoms with E-state index in [-0.39, 0.29) is 0 Å². The molecule has 1 unspecified atom stereocenters. The Labute approximate surface area is 120 Å². The summed E-state index contributed by atoms with van der Waals surface area (Å²) in [4.78, 5) is 4.34. The maximum Gasteiger partial charge on any atom is 0.103 e. The van der Waals surface area contributed by atoms with Gasteiger partial charge in [0.2, 0.25) is 0 Å². The Morgan fingerprint density at radius 3 is 3.00 bits per heavy atom. The number of halogens is 1. The molecule has 1 N–H and O–H groups in total. The summed E-state index contributed by atoms with van der Waals surface area (Å²) in [5.74, 6) is 0. The Morgan fingerprint density at radius 2 is 2.37 bits per heavy atom. The summed E-state index contributed by atoms with van der Waals surface area (Å²) in [5.41, 5.74) is 1.58. The number of hydrogen-bond acceptors (Lipinski definition) is 5. The molecule has 7 heteroatoms. The standard InChI is InChI=1S/C12H16ClN3O2S/c1-8-7-19-11(15-8)5-10(17)12-9(13)6-14-16(12)3-4-18-2/h6-7,10,17H,3-5H2,1-2H3. The predicted molar refractivity (Wildman–Crippen MR) is 74.6 cm³/mol. The largest absolute Gasteiger partial charge is 0.386 e. The van der Waals surface area contributed by atoms with Crippen molar-refractivity contribution in [3.63, 3.8) is 0 Å². The molecule has 0 amide bonds. The van der Waals surface area contributed by atoms with E-state index in [1.165, 1.54) is 11.3 Å². The molecule has 2 rings (SSSR count). The number of hydrogen-bond donors (Lipinski definition) is 1. The smallest absolute Gasteiger partial charge is 0.103 e. The minimum atomic E-state index is -0.711. The van der Waals surface area contributed by atoms with E-state index in [9.17, 15) is 5.11 Å². The first-order chi connectivity index (χ1) is 9.11. The molecule has 0 bridgehead atoms. The van der Waals surface area contributed by atoms with Gasteiger partial charge in [0.05, 0.1) is 35.1 Å². The van der Waals surface area contributed by atoms with Crippen LogP contribution in [0.1, 0.15) is 22.5 Å². The van der Waals surface area contributed by atoms with Crippen LogP contribution in [-0.4, -0.2) is 33.6 Å². The second kappa shape index (κ2) is 6.47. The molecule has 0 saturated carbocycles. The number of thiazole rings is 1. The highest BCUT2D eigenvalue weighted by atomic mass is 35.5. The lowest BCUT2D eigenvalue weighted by Crippen LogP contribution is -2.14. The van der Waals surface area contributed by atoms with Gasteiger partial charge in [0.15, 0.2) is 0 Å². The van der Waals surface area contributed by atoms with E-state index in [1.54, 1.807) is 18.0 Å². The van der Waals surface area contributed by atoms with Crippen LogP contribution in [0.4, 0.5) is 0 Å². The lowest BCUT2D eigenvalue weighted by Gasteiger charge is -2.12. The first-order valence-corrected chi connectivity index (χ1v) is 7.16. The molecule has 0 radical (unpaired) electrons. The maximum absolute atomic E-state index is 10.3. The molecule has 2 aromatic heterocycles. The minimum absolute atomic E-state index is 0.441. The molecule has 2 heterocycles. The normalized spacial score (nSPS) is 12.8. The lowest BCUT2D eigenvalue weighted by molar-refractivity contribution is 0.153. The molecular formula is C12H16ClN3O2S. The van der Waals surface area contributed by atoms with Crippen LogP contribution in [0.25, 0.3) is 0 Å². The quantitative estimate of drug-likeness (QED) is 0.889. The summed E-state index contributed by atoms with van der Waals surface area (Å²) in [7, 11) is 1.62. The van der Waals surface area contributed by atoms with E-state index in [2.05, 4.69) is 10.1 Å². The molecule has 1 atom stereocenters. The molecule has 0 aliphatic heterocycles. The van der Waals surface area contributed by atoms with Gasteiger partial charge in [0, 0.05) is 24.6 Å². The Hall–Kier alpha value is -0.950. The molecular weight excluding hydrogens is 286 g/mol. The Kier molecular flexibility index (Phi) is 4.93. The summed E-state index contributed by atoms with van der Waals surface area (Å²) in [5, 5.41) is 17.8. The number of aliphatic hydroxyl groups excluding tert-OH is 1. The lowest BCUT2D eigenvalue weighted by atomic mass is 10.2. The van der Waals surface area contributed by atoms with Crippen molar-refractivity contribution in [3.05, 3.63) is 33.0 Å². The van der Waals surface area contributed by atoms with Gasteiger partial charge in [-0.2, -0.15) is 5.10 Å². The van der Waals surface area contributed by atoms with Gasteiger partial charge < -0.3 is 9.84 Å². The Bertz CT molecular complexity index is 541. The molecule has 104 valence electrons. The van der Waals surface area contributed by atoms with E-state index in [0.29, 0.717) is 30.3 Å². The van der Waals surface area contributed by atoms with Crippen molar-refractivity contribution in [2.45, 2.75) is 26.0 Å². The molecule has 19 heavy (non-hydrogen) atoms. The molecule has 2 aromatic rings. The molecule has 0 saturated heterocycles. The van der Waals surface area contributed by atoms with Crippen LogP contribution >= 0.6 is 22.9 Å². The summed E-state index contributed by atoms with van der Waals surface area (Å²) in [6.07, 6.45) is 1.28. The average Bonchev–Trinajstić information content (AvgIpc) is 2.93. The second-order valence-electron chi connectivity index (χ2n) is 4.20. The van der Waals surface area contributed by atoms with Gasteiger partial charge in [0.1, 0.15) is 6.10 Å². The van der Waals surface area contributed by atoms with Crippen LogP contribution in [0.3, 0.4) is 0 Å². The summed E-state index contributed by atoms with van der Waals surface area (Å²) >= 11 is 7.63. The molecule has 5 nitrogen and oxygen atoms in total. The van der Waals surface area contributed by atoms with E-state index in [1.807, 2.05) is 12.3 Å². The average molecular weight is 302 g/mol. The van der Waals surface area contributed by atoms with Crippen LogP contribution in [-0.2, 0) is 17.7 Å². The fourth-order valence-corrected chi connectivity index (χ4v) is 2.89. The van der Waals surface area contributed by atoms with E-state index in [0.717, 1.165) is 10.7 Å². The van der Waals surface area contributed by atoms with E-state index >= 15 is 0 Å². The number of aromatic nitrogens is 3. The second-order valence-corrected chi connectivity index (χ2v) is 5.55. The van der Waals surface area contributed by atoms with Crippen molar-refractivity contribution in [2.75, 3.05) is 13.7 Å². The van der Waals surface area contributed by atoms with Gasteiger partial charge in [-0.25, -0.2) is 4.98 Å². The van der Waals surface area contributed by atoms with Crippen LogP contribution in [0.15, 0.2) is 11.6 Å². The maximum atomic E-state index is 10.3. The van der Waals surface area contributed by atoms with Crippen LogP contribution in [0.2, 0.25) is 5.02 Å². The number of methoxy groups -OCH3 is 1. The number of ether oxygens (including phenoxy) is 1. The first-order valence-electron chi connectivity index (χ1n) is 5.91. The van der Waals surface area contributed by atoms with Gasteiger partial charge in [0.25, 0.3) is 0 Å². The molecule has 0 aliphatic rings. The first kappa shape index (κ1) is 14.5. The fraction of sp³-hybridized carbons (Fsp3) is 0.500. The monoisotopic (exact) mass is 301 g/mol. The molecule has 0 fully saturated rings. The summed E-state index contributed by atoms with van der Waals surface area (Å²) < 4.78 is 6.69. The fourth-order valence-electron chi connectivity index (χ4n) is 1.82. The highest BCUT2D eigenvalue weighted by molar-refractivity contribution is 7.09. The number of nitrogens with zero attached hydrogens (tertiary/aromatic N) is 3. The number of aryl methyl sites for hydroxylation is 1. The van der Waals surface area contributed by atoms with Crippen molar-refractivity contribution in [3.8, 4) is 0 Å². The predicted octanol–water partition coefficient (Wildman–Crippen LogP) is 2.22. The number of rotatable bonds is 6. The van der Waals surface area contributed by atoms with Gasteiger partial charge in [-0.15, -0.1) is 11.3 Å². The third-order valence-corrected chi connectivity index (χ3v) is 3.97. The van der Waals surface area contributed by atoms with Crippen LogP contribution < -0.4 is 0 Å². The van der Waals surface area contributed by atoms with E-state index in [4.69, 9.17) is 16.3 Å². The van der Waals surface area contributed by atoms with Crippen molar-refractivity contribution < 1.29 is 9.84 Å². The zero-order valence-corrected chi connectivity index (χ0v) is 12.4.